The number of pyridine rings is 1. The molecule has 4 nitrogen and oxygen atoms in total. The summed E-state index contributed by atoms with van der Waals surface area (Å²) in [6.07, 6.45) is 2.66. The van der Waals surface area contributed by atoms with E-state index in [1.54, 1.807) is 6.20 Å². The molecule has 19 heavy (non-hydrogen) atoms. The molecular weight excluding hydrogens is 260 g/mol. The van der Waals surface area contributed by atoms with Gasteiger partial charge < -0.3 is 5.32 Å². The van der Waals surface area contributed by atoms with Gasteiger partial charge in [-0.25, -0.2) is 0 Å². The smallest absolute Gasteiger partial charge is 0.0863 e. The summed E-state index contributed by atoms with van der Waals surface area (Å²) in [4.78, 5) is 4.28. The summed E-state index contributed by atoms with van der Waals surface area (Å²) in [6.45, 7) is 6.41. The highest BCUT2D eigenvalue weighted by molar-refractivity contribution is 6.31. The van der Waals surface area contributed by atoms with Gasteiger partial charge >= 0.3 is 0 Å². The lowest BCUT2D eigenvalue weighted by atomic mass is 10.3. The van der Waals surface area contributed by atoms with E-state index in [4.69, 9.17) is 11.6 Å². The molecule has 0 saturated heterocycles. The molecule has 2 rings (SSSR count). The number of hydrogen-bond acceptors (Lipinski definition) is 3. The van der Waals surface area contributed by atoms with E-state index < -0.39 is 0 Å². The van der Waals surface area contributed by atoms with Crippen molar-refractivity contribution in [3.63, 3.8) is 0 Å². The van der Waals surface area contributed by atoms with E-state index in [1.807, 2.05) is 22.9 Å². The minimum absolute atomic E-state index is 0.705. The molecule has 0 aliphatic carbocycles. The van der Waals surface area contributed by atoms with Gasteiger partial charge in [0, 0.05) is 25.8 Å². The normalized spacial score (nSPS) is 10.9. The van der Waals surface area contributed by atoms with Crippen molar-refractivity contribution in [2.45, 2.75) is 39.9 Å². The maximum Gasteiger partial charge on any atom is 0.0863 e. The zero-order valence-electron chi connectivity index (χ0n) is 11.4. The van der Waals surface area contributed by atoms with Crippen molar-refractivity contribution >= 4 is 11.6 Å². The molecule has 0 bridgehead atoms. The third kappa shape index (κ3) is 3.33. The maximum atomic E-state index is 6.35. The Hall–Kier alpha value is -1.39. The minimum Gasteiger partial charge on any atom is -0.305 e. The van der Waals surface area contributed by atoms with Crippen LogP contribution in [0.4, 0.5) is 0 Å². The summed E-state index contributed by atoms with van der Waals surface area (Å²) >= 11 is 6.35. The van der Waals surface area contributed by atoms with E-state index >= 15 is 0 Å². The van der Waals surface area contributed by atoms with E-state index in [0.717, 1.165) is 41.6 Å². The lowest BCUT2D eigenvalue weighted by molar-refractivity contribution is 0.575. The quantitative estimate of drug-likeness (QED) is 0.884. The van der Waals surface area contributed by atoms with E-state index in [2.05, 4.69) is 29.2 Å². The van der Waals surface area contributed by atoms with Gasteiger partial charge in [-0.05, 0) is 25.5 Å². The predicted molar refractivity (Wildman–Crippen MR) is 77.1 cm³/mol. The summed E-state index contributed by atoms with van der Waals surface area (Å²) in [6, 6.07) is 5.91. The second kappa shape index (κ2) is 6.68. The predicted octanol–water partition coefficient (Wildman–Crippen LogP) is 2.80. The molecular formula is C14H19ClN4. The molecule has 2 aromatic heterocycles. The topological polar surface area (TPSA) is 42.7 Å². The first-order valence-electron chi connectivity index (χ1n) is 6.60. The van der Waals surface area contributed by atoms with E-state index in [1.165, 1.54) is 0 Å². The molecule has 102 valence electrons. The summed E-state index contributed by atoms with van der Waals surface area (Å²) in [5, 5.41) is 8.65. The average Bonchev–Trinajstić information content (AvgIpc) is 2.76. The summed E-state index contributed by atoms with van der Waals surface area (Å²) in [5.41, 5.74) is 3.05. The fraction of sp³-hybridized carbons (Fsp3) is 0.429. The van der Waals surface area contributed by atoms with E-state index in [0.29, 0.717) is 6.54 Å². The van der Waals surface area contributed by atoms with Gasteiger partial charge in [-0.15, -0.1) is 0 Å². The Bertz CT molecular complexity index is 522. The Labute approximate surface area is 118 Å². The van der Waals surface area contributed by atoms with Crippen LogP contribution in [0.25, 0.3) is 0 Å². The highest BCUT2D eigenvalue weighted by atomic mass is 35.5. The van der Waals surface area contributed by atoms with Gasteiger partial charge in [-0.2, -0.15) is 5.10 Å². The van der Waals surface area contributed by atoms with Crippen LogP contribution in [-0.2, 0) is 26.1 Å². The number of rotatable bonds is 6. The van der Waals surface area contributed by atoms with Crippen LogP contribution in [-0.4, -0.2) is 14.8 Å². The van der Waals surface area contributed by atoms with Gasteiger partial charge in [0.25, 0.3) is 0 Å². The Morgan fingerprint density at radius 1 is 1.26 bits per heavy atom. The van der Waals surface area contributed by atoms with Crippen LogP contribution in [0.15, 0.2) is 24.4 Å². The first-order chi connectivity index (χ1) is 9.26. The fourth-order valence-electron chi connectivity index (χ4n) is 2.00. The minimum atomic E-state index is 0.705. The van der Waals surface area contributed by atoms with Crippen LogP contribution in [0.2, 0.25) is 5.02 Å². The average molecular weight is 279 g/mol. The van der Waals surface area contributed by atoms with Crippen LogP contribution in [0.1, 0.15) is 30.9 Å². The Kier molecular flexibility index (Phi) is 4.93. The van der Waals surface area contributed by atoms with Crippen LogP contribution < -0.4 is 5.32 Å². The van der Waals surface area contributed by atoms with Gasteiger partial charge in [0.2, 0.25) is 0 Å². The van der Waals surface area contributed by atoms with Crippen LogP contribution in [0.5, 0.6) is 0 Å². The van der Waals surface area contributed by atoms with Crippen LogP contribution in [0.3, 0.4) is 0 Å². The maximum absolute atomic E-state index is 6.35. The van der Waals surface area contributed by atoms with Crippen molar-refractivity contribution in [3.8, 4) is 0 Å². The molecule has 0 atom stereocenters. The SMILES string of the molecule is CCc1nn(CC)c(CNCc2ccccn2)c1Cl. The van der Waals surface area contributed by atoms with Crippen molar-refractivity contribution in [2.75, 3.05) is 0 Å². The molecule has 0 radical (unpaired) electrons. The van der Waals surface area contributed by atoms with E-state index in [9.17, 15) is 0 Å². The molecule has 0 spiro atoms. The van der Waals surface area contributed by atoms with Crippen molar-refractivity contribution in [2.24, 2.45) is 0 Å². The number of nitrogens with one attached hydrogen (secondary N) is 1. The molecule has 2 aromatic rings. The molecule has 0 amide bonds. The van der Waals surface area contributed by atoms with E-state index in [-0.39, 0.29) is 0 Å². The number of hydrogen-bond donors (Lipinski definition) is 1. The third-order valence-corrected chi connectivity index (χ3v) is 3.46. The second-order valence-corrected chi connectivity index (χ2v) is 4.68. The standard InChI is InChI=1S/C14H19ClN4/c1-3-12-14(15)13(19(4-2)18-12)10-16-9-11-7-5-6-8-17-11/h5-8,16H,3-4,9-10H2,1-2H3. The first kappa shape index (κ1) is 14.0. The molecule has 0 fully saturated rings. The molecule has 5 heteroatoms. The molecule has 2 heterocycles. The zero-order chi connectivity index (χ0) is 13.7. The number of nitrogens with zero attached hydrogens (tertiary/aromatic N) is 3. The van der Waals surface area contributed by atoms with Gasteiger partial charge in [-0.1, -0.05) is 24.6 Å². The summed E-state index contributed by atoms with van der Waals surface area (Å²) in [7, 11) is 0. The van der Waals surface area contributed by atoms with Crippen LogP contribution in [0, 0.1) is 0 Å². The monoisotopic (exact) mass is 278 g/mol. The van der Waals surface area contributed by atoms with Gasteiger partial charge in [0.1, 0.15) is 0 Å². The van der Waals surface area contributed by atoms with Crippen molar-refractivity contribution in [1.29, 1.82) is 0 Å². The molecule has 1 N–H and O–H groups in total. The van der Waals surface area contributed by atoms with Gasteiger partial charge in [-0.3, -0.25) is 9.67 Å². The molecule has 0 aliphatic rings. The number of aromatic nitrogens is 3. The van der Waals surface area contributed by atoms with Crippen LogP contribution >= 0.6 is 11.6 Å². The summed E-state index contributed by atoms with van der Waals surface area (Å²) < 4.78 is 1.96. The van der Waals surface area contributed by atoms with Crippen molar-refractivity contribution in [1.82, 2.24) is 20.1 Å². The molecule has 0 unspecified atom stereocenters. The molecule has 0 aromatic carbocycles. The van der Waals surface area contributed by atoms with Crippen molar-refractivity contribution < 1.29 is 0 Å². The highest BCUT2D eigenvalue weighted by Gasteiger charge is 2.13. The zero-order valence-corrected chi connectivity index (χ0v) is 12.1. The third-order valence-electron chi connectivity index (χ3n) is 3.02. The summed E-state index contributed by atoms with van der Waals surface area (Å²) in [5.74, 6) is 0. The van der Waals surface area contributed by atoms with Gasteiger partial charge in [0.05, 0.1) is 22.1 Å². The fourth-order valence-corrected chi connectivity index (χ4v) is 2.33. The highest BCUT2D eigenvalue weighted by Crippen LogP contribution is 2.21. The van der Waals surface area contributed by atoms with Gasteiger partial charge in [0.15, 0.2) is 0 Å². The number of halogens is 1. The number of aryl methyl sites for hydroxylation is 2. The lowest BCUT2D eigenvalue weighted by Gasteiger charge is -2.07. The first-order valence-corrected chi connectivity index (χ1v) is 6.98. The molecule has 0 aliphatic heterocycles. The Morgan fingerprint density at radius 3 is 2.74 bits per heavy atom. The second-order valence-electron chi connectivity index (χ2n) is 4.30. The Balaban J connectivity index is 2.01. The lowest BCUT2D eigenvalue weighted by Crippen LogP contribution is -2.17. The van der Waals surface area contributed by atoms with Crippen molar-refractivity contribution in [3.05, 3.63) is 46.5 Å². The Morgan fingerprint density at radius 2 is 2.11 bits per heavy atom. The largest absolute Gasteiger partial charge is 0.305 e. The molecule has 0 saturated carbocycles.